The first-order valence-electron chi connectivity index (χ1n) is 7.03. The van der Waals surface area contributed by atoms with Gasteiger partial charge in [-0.25, -0.2) is 4.98 Å². The first-order valence-corrected chi connectivity index (χ1v) is 7.91. The lowest BCUT2D eigenvalue weighted by molar-refractivity contribution is 0.284. The number of benzene rings is 1. The summed E-state index contributed by atoms with van der Waals surface area (Å²) in [5.74, 6) is 0. The van der Waals surface area contributed by atoms with Crippen molar-refractivity contribution in [2.75, 3.05) is 6.61 Å². The summed E-state index contributed by atoms with van der Waals surface area (Å²) in [7, 11) is 0. The number of hydrogen-bond donors (Lipinski definition) is 2. The Labute approximate surface area is 125 Å². The van der Waals surface area contributed by atoms with Crippen molar-refractivity contribution in [3.63, 3.8) is 0 Å². The van der Waals surface area contributed by atoms with Crippen LogP contribution in [0.1, 0.15) is 37.4 Å². The van der Waals surface area contributed by atoms with E-state index in [1.807, 2.05) is 12.4 Å². The number of thiazole rings is 1. The molecule has 20 heavy (non-hydrogen) atoms. The predicted octanol–water partition coefficient (Wildman–Crippen LogP) is 3.75. The first-order chi connectivity index (χ1) is 9.72. The van der Waals surface area contributed by atoms with Crippen LogP contribution in [0.5, 0.6) is 0 Å². The molecule has 2 rings (SSSR count). The number of aromatic nitrogens is 1. The van der Waals surface area contributed by atoms with Gasteiger partial charge in [-0.15, -0.1) is 11.3 Å². The van der Waals surface area contributed by atoms with E-state index in [4.69, 9.17) is 10.8 Å². The number of rotatable bonds is 5. The fourth-order valence-electron chi connectivity index (χ4n) is 1.73. The molecule has 3 N–H and O–H groups in total. The van der Waals surface area contributed by atoms with Gasteiger partial charge in [0.15, 0.2) is 0 Å². The van der Waals surface area contributed by atoms with Gasteiger partial charge in [-0.05, 0) is 24.5 Å². The minimum absolute atomic E-state index is 0.355. The molecule has 4 heteroatoms. The van der Waals surface area contributed by atoms with Gasteiger partial charge in [0.2, 0.25) is 0 Å². The monoisotopic (exact) mass is 292 g/mol. The summed E-state index contributed by atoms with van der Waals surface area (Å²) in [5, 5.41) is 8.20. The molecule has 0 bridgehead atoms. The van der Waals surface area contributed by atoms with Gasteiger partial charge >= 0.3 is 0 Å². The number of nitrogens with zero attached hydrogens (tertiary/aromatic N) is 1. The standard InChI is InChI=1S/C11H12N2S.C5H12O/c1-8-11(14-7-13-8)10-4-2-9(6-12)3-5-10;1-2-3-4-5-6/h2-5,7H,6,12H2,1H3;6H,2-5H2,1H3. The number of aliphatic hydroxyl groups excluding tert-OH is 1. The molecule has 1 aromatic carbocycles. The largest absolute Gasteiger partial charge is 0.396 e. The lowest BCUT2D eigenvalue weighted by atomic mass is 10.1. The van der Waals surface area contributed by atoms with Crippen LogP contribution in [0, 0.1) is 6.92 Å². The molecule has 1 aromatic heterocycles. The topological polar surface area (TPSA) is 59.1 Å². The van der Waals surface area contributed by atoms with Crippen LogP contribution >= 0.6 is 11.3 Å². The number of aryl methyl sites for hydroxylation is 1. The van der Waals surface area contributed by atoms with Crippen LogP contribution in [0.25, 0.3) is 10.4 Å². The lowest BCUT2D eigenvalue weighted by Crippen LogP contribution is -1.95. The van der Waals surface area contributed by atoms with Crippen molar-refractivity contribution in [2.24, 2.45) is 5.73 Å². The van der Waals surface area contributed by atoms with Crippen molar-refractivity contribution in [1.29, 1.82) is 0 Å². The van der Waals surface area contributed by atoms with Gasteiger partial charge in [0.25, 0.3) is 0 Å². The molecule has 2 aromatic rings. The summed E-state index contributed by atoms with van der Waals surface area (Å²) in [6.07, 6.45) is 3.33. The Morgan fingerprint density at radius 1 is 1.20 bits per heavy atom. The minimum Gasteiger partial charge on any atom is -0.396 e. The Bertz CT molecular complexity index is 475. The highest BCUT2D eigenvalue weighted by molar-refractivity contribution is 7.13. The molecule has 0 fully saturated rings. The van der Waals surface area contributed by atoms with Gasteiger partial charge in [0.05, 0.1) is 16.1 Å². The number of nitrogens with two attached hydrogens (primary N) is 1. The molecule has 110 valence electrons. The van der Waals surface area contributed by atoms with E-state index in [0.29, 0.717) is 13.2 Å². The molecule has 0 spiro atoms. The second-order valence-electron chi connectivity index (χ2n) is 4.60. The van der Waals surface area contributed by atoms with E-state index in [9.17, 15) is 0 Å². The maximum atomic E-state index is 8.20. The summed E-state index contributed by atoms with van der Waals surface area (Å²) < 4.78 is 0. The molecule has 3 nitrogen and oxygen atoms in total. The second kappa shape index (κ2) is 9.64. The maximum absolute atomic E-state index is 8.20. The van der Waals surface area contributed by atoms with E-state index in [1.165, 1.54) is 16.9 Å². The molecular weight excluding hydrogens is 268 g/mol. The Kier molecular flexibility index (Phi) is 8.11. The fourth-order valence-corrected chi connectivity index (χ4v) is 2.54. The lowest BCUT2D eigenvalue weighted by Gasteiger charge is -2.00. The highest BCUT2D eigenvalue weighted by atomic mass is 32.1. The molecule has 0 saturated heterocycles. The highest BCUT2D eigenvalue weighted by Crippen LogP contribution is 2.26. The van der Waals surface area contributed by atoms with Crippen molar-refractivity contribution in [3.8, 4) is 10.4 Å². The minimum atomic E-state index is 0.355. The van der Waals surface area contributed by atoms with Crippen LogP contribution < -0.4 is 5.73 Å². The van der Waals surface area contributed by atoms with Crippen molar-refractivity contribution in [1.82, 2.24) is 4.98 Å². The Morgan fingerprint density at radius 2 is 1.90 bits per heavy atom. The highest BCUT2D eigenvalue weighted by Gasteiger charge is 2.03. The van der Waals surface area contributed by atoms with Crippen molar-refractivity contribution in [3.05, 3.63) is 41.0 Å². The Balaban J connectivity index is 0.000000286. The fraction of sp³-hybridized carbons (Fsp3) is 0.438. The van der Waals surface area contributed by atoms with Gasteiger partial charge in [0, 0.05) is 13.2 Å². The smallest absolute Gasteiger partial charge is 0.0801 e. The summed E-state index contributed by atoms with van der Waals surface area (Å²) >= 11 is 1.67. The van der Waals surface area contributed by atoms with E-state index in [1.54, 1.807) is 11.3 Å². The molecule has 0 atom stereocenters. The van der Waals surface area contributed by atoms with Gasteiger partial charge in [-0.3, -0.25) is 0 Å². The summed E-state index contributed by atoms with van der Waals surface area (Å²) in [6.45, 7) is 5.11. The van der Waals surface area contributed by atoms with E-state index in [-0.39, 0.29) is 0 Å². The number of hydrogen-bond acceptors (Lipinski definition) is 4. The zero-order chi connectivity index (χ0) is 14.8. The summed E-state index contributed by atoms with van der Waals surface area (Å²) in [6, 6.07) is 8.33. The van der Waals surface area contributed by atoms with Crippen molar-refractivity contribution in [2.45, 2.75) is 39.7 Å². The third-order valence-electron chi connectivity index (χ3n) is 2.96. The van der Waals surface area contributed by atoms with Crippen LogP contribution in [0.15, 0.2) is 29.8 Å². The molecule has 0 amide bonds. The molecule has 0 aliphatic carbocycles. The van der Waals surface area contributed by atoms with E-state index < -0.39 is 0 Å². The molecule has 0 saturated carbocycles. The van der Waals surface area contributed by atoms with Gasteiger partial charge in [-0.1, -0.05) is 44.0 Å². The maximum Gasteiger partial charge on any atom is 0.0801 e. The van der Waals surface area contributed by atoms with Crippen LogP contribution in [-0.4, -0.2) is 16.7 Å². The SMILES string of the molecule is CCCCCO.Cc1ncsc1-c1ccc(CN)cc1. The zero-order valence-electron chi connectivity index (χ0n) is 12.3. The van der Waals surface area contributed by atoms with Crippen molar-refractivity contribution >= 4 is 11.3 Å². The second-order valence-corrected chi connectivity index (χ2v) is 5.45. The molecular formula is C16H24N2OS. The Hall–Kier alpha value is -1.23. The molecule has 0 radical (unpaired) electrons. The van der Waals surface area contributed by atoms with E-state index >= 15 is 0 Å². The van der Waals surface area contributed by atoms with Crippen LogP contribution in [0.2, 0.25) is 0 Å². The van der Waals surface area contributed by atoms with E-state index in [2.05, 4.69) is 36.2 Å². The zero-order valence-corrected chi connectivity index (χ0v) is 13.1. The third kappa shape index (κ3) is 5.41. The summed E-state index contributed by atoms with van der Waals surface area (Å²) in [4.78, 5) is 5.47. The van der Waals surface area contributed by atoms with Gasteiger partial charge in [-0.2, -0.15) is 0 Å². The quantitative estimate of drug-likeness (QED) is 0.825. The van der Waals surface area contributed by atoms with Crippen LogP contribution in [-0.2, 0) is 6.54 Å². The average Bonchev–Trinajstić information content (AvgIpc) is 2.92. The average molecular weight is 292 g/mol. The third-order valence-corrected chi connectivity index (χ3v) is 3.94. The number of unbranched alkanes of at least 4 members (excludes halogenated alkanes) is 2. The predicted molar refractivity (Wildman–Crippen MR) is 86.8 cm³/mol. The molecule has 1 heterocycles. The molecule has 0 aliphatic rings. The van der Waals surface area contributed by atoms with Gasteiger partial charge in [0.1, 0.15) is 0 Å². The van der Waals surface area contributed by atoms with E-state index in [0.717, 1.165) is 24.1 Å². The van der Waals surface area contributed by atoms with Crippen LogP contribution in [0.3, 0.4) is 0 Å². The molecule has 0 unspecified atom stereocenters. The first kappa shape index (κ1) is 16.8. The summed E-state index contributed by atoms with van der Waals surface area (Å²) in [5.41, 5.74) is 10.9. The Morgan fingerprint density at radius 3 is 2.30 bits per heavy atom. The van der Waals surface area contributed by atoms with Crippen LogP contribution in [0.4, 0.5) is 0 Å². The number of aliphatic hydroxyl groups is 1. The normalized spacial score (nSPS) is 10.0. The van der Waals surface area contributed by atoms with Gasteiger partial charge < -0.3 is 10.8 Å². The molecule has 0 aliphatic heterocycles. The van der Waals surface area contributed by atoms with Crippen molar-refractivity contribution < 1.29 is 5.11 Å².